The Kier molecular flexibility index (Phi) is 5.13. The zero-order chi connectivity index (χ0) is 16.9. The Labute approximate surface area is 142 Å². The number of carbonyl (C=O) groups excluding carboxylic acids is 1. The first-order valence-electron chi connectivity index (χ1n) is 8.51. The summed E-state index contributed by atoms with van der Waals surface area (Å²) in [7, 11) is 4.00. The molecule has 0 spiro atoms. The van der Waals surface area contributed by atoms with Gasteiger partial charge in [0.05, 0.1) is 0 Å². The van der Waals surface area contributed by atoms with Crippen molar-refractivity contribution >= 4 is 11.6 Å². The molecule has 0 unspecified atom stereocenters. The van der Waals surface area contributed by atoms with E-state index in [9.17, 15) is 4.79 Å². The summed E-state index contributed by atoms with van der Waals surface area (Å²) in [6.45, 7) is 0.538. The Balaban J connectivity index is 1.52. The van der Waals surface area contributed by atoms with Crippen LogP contribution in [0.4, 0.5) is 5.69 Å². The molecule has 0 saturated heterocycles. The molecule has 0 bridgehead atoms. The van der Waals surface area contributed by atoms with E-state index in [2.05, 4.69) is 15.5 Å². The average Bonchev–Trinajstić information content (AvgIpc) is 3.27. The summed E-state index contributed by atoms with van der Waals surface area (Å²) in [5.41, 5.74) is 2.04. The second-order valence-corrected chi connectivity index (χ2v) is 6.48. The summed E-state index contributed by atoms with van der Waals surface area (Å²) >= 11 is 0. The van der Waals surface area contributed by atoms with E-state index in [0.717, 1.165) is 36.9 Å². The van der Waals surface area contributed by atoms with Gasteiger partial charge < -0.3 is 14.7 Å². The number of anilines is 1. The molecule has 1 aliphatic rings. The number of benzene rings is 1. The van der Waals surface area contributed by atoms with Crippen LogP contribution in [0.1, 0.15) is 31.6 Å². The van der Waals surface area contributed by atoms with Crippen LogP contribution in [0.25, 0.3) is 11.4 Å². The molecule has 1 aliphatic carbocycles. The highest BCUT2D eigenvalue weighted by Gasteiger charge is 2.22. The largest absolute Gasteiger partial charge is 0.378 e. The number of carbonyl (C=O) groups is 1. The standard InChI is InChI=1S/C18H24N4O2/c1-22(2)15-9-7-13(8-10-15)17-20-16(24-21-17)11-12-19-18(23)14-5-3-4-6-14/h7-10,14H,3-6,11-12H2,1-2H3,(H,19,23). The van der Waals surface area contributed by atoms with Crippen LogP contribution in [0, 0.1) is 5.92 Å². The third-order valence-corrected chi connectivity index (χ3v) is 4.47. The van der Waals surface area contributed by atoms with Gasteiger partial charge in [0.25, 0.3) is 0 Å². The lowest BCUT2D eigenvalue weighted by molar-refractivity contribution is -0.124. The minimum absolute atomic E-state index is 0.159. The van der Waals surface area contributed by atoms with E-state index in [1.165, 1.54) is 0 Å². The smallest absolute Gasteiger partial charge is 0.228 e. The van der Waals surface area contributed by atoms with Crippen LogP contribution in [0.5, 0.6) is 0 Å². The highest BCUT2D eigenvalue weighted by atomic mass is 16.5. The molecule has 6 nitrogen and oxygen atoms in total. The third-order valence-electron chi connectivity index (χ3n) is 4.47. The first-order valence-corrected chi connectivity index (χ1v) is 8.51. The Bertz CT molecular complexity index is 673. The van der Waals surface area contributed by atoms with E-state index < -0.39 is 0 Å². The van der Waals surface area contributed by atoms with Crippen molar-refractivity contribution < 1.29 is 9.32 Å². The van der Waals surface area contributed by atoms with Gasteiger partial charge in [0.15, 0.2) is 0 Å². The van der Waals surface area contributed by atoms with Crippen molar-refractivity contribution in [3.05, 3.63) is 30.2 Å². The molecule has 0 radical (unpaired) electrons. The van der Waals surface area contributed by atoms with Crippen molar-refractivity contribution in [3.8, 4) is 11.4 Å². The third kappa shape index (κ3) is 3.93. The molecule has 0 aliphatic heterocycles. The van der Waals surface area contributed by atoms with Gasteiger partial charge in [0, 0.05) is 44.2 Å². The van der Waals surface area contributed by atoms with Crippen LogP contribution >= 0.6 is 0 Å². The van der Waals surface area contributed by atoms with Crippen molar-refractivity contribution in [2.45, 2.75) is 32.1 Å². The van der Waals surface area contributed by atoms with Crippen LogP contribution in [-0.4, -0.2) is 36.7 Å². The summed E-state index contributed by atoms with van der Waals surface area (Å²) < 4.78 is 5.28. The molecule has 1 saturated carbocycles. The van der Waals surface area contributed by atoms with Crippen molar-refractivity contribution in [1.82, 2.24) is 15.5 Å². The van der Waals surface area contributed by atoms with Crippen LogP contribution in [-0.2, 0) is 11.2 Å². The fourth-order valence-corrected chi connectivity index (χ4v) is 3.01. The van der Waals surface area contributed by atoms with Gasteiger partial charge in [-0.3, -0.25) is 4.79 Å². The zero-order valence-electron chi connectivity index (χ0n) is 14.3. The summed E-state index contributed by atoms with van der Waals surface area (Å²) in [5, 5.41) is 6.99. The van der Waals surface area contributed by atoms with Crippen molar-refractivity contribution in [1.29, 1.82) is 0 Å². The van der Waals surface area contributed by atoms with Crippen molar-refractivity contribution in [3.63, 3.8) is 0 Å². The predicted molar refractivity (Wildman–Crippen MR) is 92.7 cm³/mol. The summed E-state index contributed by atoms with van der Waals surface area (Å²) in [6.07, 6.45) is 4.91. The monoisotopic (exact) mass is 328 g/mol. The predicted octanol–water partition coefficient (Wildman–Crippen LogP) is 2.65. The highest BCUT2D eigenvalue weighted by Crippen LogP contribution is 2.24. The fourth-order valence-electron chi connectivity index (χ4n) is 3.01. The second kappa shape index (κ2) is 7.47. The number of hydrogen-bond donors (Lipinski definition) is 1. The van der Waals surface area contributed by atoms with E-state index in [4.69, 9.17) is 4.52 Å². The fraction of sp³-hybridized carbons (Fsp3) is 0.500. The molecule has 24 heavy (non-hydrogen) atoms. The van der Waals surface area contributed by atoms with E-state index in [1.54, 1.807) is 0 Å². The number of amides is 1. The Morgan fingerprint density at radius 1 is 1.25 bits per heavy atom. The maximum Gasteiger partial charge on any atom is 0.228 e. The van der Waals surface area contributed by atoms with Gasteiger partial charge in [-0.2, -0.15) is 4.98 Å². The Morgan fingerprint density at radius 3 is 2.62 bits per heavy atom. The lowest BCUT2D eigenvalue weighted by Gasteiger charge is -2.11. The molecule has 128 valence electrons. The summed E-state index contributed by atoms with van der Waals surface area (Å²) in [6, 6.07) is 8.00. The van der Waals surface area contributed by atoms with Crippen LogP contribution < -0.4 is 10.2 Å². The van der Waals surface area contributed by atoms with E-state index in [-0.39, 0.29) is 11.8 Å². The number of aromatic nitrogens is 2. The first kappa shape index (κ1) is 16.5. The average molecular weight is 328 g/mol. The lowest BCUT2D eigenvalue weighted by Crippen LogP contribution is -2.30. The van der Waals surface area contributed by atoms with Gasteiger partial charge in [-0.05, 0) is 37.1 Å². The molecule has 1 aromatic heterocycles. The highest BCUT2D eigenvalue weighted by molar-refractivity contribution is 5.78. The molecule has 1 heterocycles. The maximum absolute atomic E-state index is 12.0. The molecule has 6 heteroatoms. The zero-order valence-corrected chi connectivity index (χ0v) is 14.3. The normalized spacial score (nSPS) is 14.8. The van der Waals surface area contributed by atoms with Crippen LogP contribution in [0.3, 0.4) is 0 Å². The summed E-state index contributed by atoms with van der Waals surface area (Å²) in [4.78, 5) is 18.4. The van der Waals surface area contributed by atoms with Gasteiger partial charge in [0.1, 0.15) is 0 Å². The lowest BCUT2D eigenvalue weighted by atomic mass is 10.1. The summed E-state index contributed by atoms with van der Waals surface area (Å²) in [5.74, 6) is 1.48. The Morgan fingerprint density at radius 2 is 1.96 bits per heavy atom. The first-order chi connectivity index (χ1) is 11.6. The van der Waals surface area contributed by atoms with E-state index in [1.807, 2.05) is 43.3 Å². The van der Waals surface area contributed by atoms with Crippen molar-refractivity contribution in [2.75, 3.05) is 25.5 Å². The van der Waals surface area contributed by atoms with Gasteiger partial charge >= 0.3 is 0 Å². The number of rotatable bonds is 6. The molecule has 0 atom stereocenters. The van der Waals surface area contributed by atoms with E-state index >= 15 is 0 Å². The van der Waals surface area contributed by atoms with Crippen LogP contribution in [0.15, 0.2) is 28.8 Å². The minimum atomic E-state index is 0.159. The second-order valence-electron chi connectivity index (χ2n) is 6.48. The van der Waals surface area contributed by atoms with Crippen LogP contribution in [0.2, 0.25) is 0 Å². The molecule has 3 rings (SSSR count). The SMILES string of the molecule is CN(C)c1ccc(-c2noc(CCNC(=O)C3CCCC3)n2)cc1. The van der Waals surface area contributed by atoms with Gasteiger partial charge in [-0.1, -0.05) is 18.0 Å². The van der Waals surface area contributed by atoms with Gasteiger partial charge in [-0.25, -0.2) is 0 Å². The van der Waals surface area contributed by atoms with Gasteiger partial charge in [-0.15, -0.1) is 0 Å². The molecular formula is C18H24N4O2. The number of hydrogen-bond acceptors (Lipinski definition) is 5. The Hall–Kier alpha value is -2.37. The molecule has 1 N–H and O–H groups in total. The number of nitrogens with zero attached hydrogens (tertiary/aromatic N) is 3. The topological polar surface area (TPSA) is 71.3 Å². The molecule has 1 aromatic carbocycles. The molecular weight excluding hydrogens is 304 g/mol. The molecule has 2 aromatic rings. The molecule has 1 fully saturated rings. The minimum Gasteiger partial charge on any atom is -0.378 e. The van der Waals surface area contributed by atoms with Gasteiger partial charge in [0.2, 0.25) is 17.6 Å². The number of nitrogens with one attached hydrogen (secondary N) is 1. The van der Waals surface area contributed by atoms with E-state index in [0.29, 0.717) is 24.7 Å². The quantitative estimate of drug-likeness (QED) is 0.882. The maximum atomic E-state index is 12.0. The molecule has 1 amide bonds. The van der Waals surface area contributed by atoms with Crippen molar-refractivity contribution in [2.24, 2.45) is 5.92 Å².